The van der Waals surface area contributed by atoms with Crippen LogP contribution in [0.1, 0.15) is 40.1 Å². The molecule has 0 radical (unpaired) electrons. The van der Waals surface area contributed by atoms with E-state index >= 15 is 0 Å². The topological polar surface area (TPSA) is 84.9 Å². The lowest BCUT2D eigenvalue weighted by atomic mass is 10.0. The molecule has 0 aliphatic carbocycles. The summed E-state index contributed by atoms with van der Waals surface area (Å²) in [5.41, 5.74) is 1.31. The summed E-state index contributed by atoms with van der Waals surface area (Å²) in [6.07, 6.45) is -0.0230. The first-order valence-electron chi connectivity index (χ1n) is 7.81. The number of carbonyl (C=O) groups excluding carboxylic acids is 1. The van der Waals surface area contributed by atoms with Gasteiger partial charge in [-0.3, -0.25) is 4.79 Å². The Morgan fingerprint density at radius 3 is 2.32 bits per heavy atom. The Kier molecular flexibility index (Phi) is 5.64. The highest BCUT2D eigenvalue weighted by Crippen LogP contribution is 2.27. The van der Waals surface area contributed by atoms with Crippen LogP contribution >= 0.6 is 0 Å². The molecule has 0 saturated heterocycles. The van der Waals surface area contributed by atoms with Gasteiger partial charge in [0.1, 0.15) is 11.5 Å². The van der Waals surface area contributed by atoms with Crippen molar-refractivity contribution in [2.45, 2.75) is 26.9 Å². The van der Waals surface area contributed by atoms with Gasteiger partial charge in [0.2, 0.25) is 0 Å². The third-order valence-electron chi connectivity index (χ3n) is 3.55. The average molecular weight is 343 g/mol. The van der Waals surface area contributed by atoms with Gasteiger partial charge in [-0.05, 0) is 38.5 Å². The lowest BCUT2D eigenvalue weighted by molar-refractivity contribution is 0.0696. The van der Waals surface area contributed by atoms with Gasteiger partial charge in [0.25, 0.3) is 5.91 Å². The second kappa shape index (κ2) is 7.70. The maximum atomic E-state index is 12.6. The second-order valence-electron chi connectivity index (χ2n) is 5.80. The van der Waals surface area contributed by atoms with Crippen molar-refractivity contribution in [3.8, 4) is 11.5 Å². The number of amides is 1. The zero-order valence-corrected chi connectivity index (χ0v) is 14.6. The number of aromatic carboxylic acids is 1. The zero-order chi connectivity index (χ0) is 18.6. The smallest absolute Gasteiger partial charge is 0.335 e. The monoisotopic (exact) mass is 343 g/mol. The van der Waals surface area contributed by atoms with Crippen LogP contribution in [0.15, 0.2) is 36.4 Å². The number of carboxylic acid groups (broad SMARTS) is 1. The van der Waals surface area contributed by atoms with Gasteiger partial charge >= 0.3 is 5.97 Å². The molecule has 0 heterocycles. The van der Waals surface area contributed by atoms with Crippen molar-refractivity contribution in [3.05, 3.63) is 53.1 Å². The molecule has 1 amide bonds. The van der Waals surface area contributed by atoms with E-state index in [1.54, 1.807) is 37.3 Å². The molecule has 0 fully saturated rings. The Bertz CT molecular complexity index is 798. The molecule has 0 unspecified atom stereocenters. The van der Waals surface area contributed by atoms with E-state index in [0.717, 1.165) is 0 Å². The number of hydrogen-bond donors (Lipinski definition) is 2. The van der Waals surface area contributed by atoms with Gasteiger partial charge in [0.15, 0.2) is 0 Å². The number of carbonyl (C=O) groups is 2. The molecule has 0 aliphatic rings. The molecule has 0 spiro atoms. The number of rotatable bonds is 6. The Morgan fingerprint density at radius 2 is 1.72 bits per heavy atom. The van der Waals surface area contributed by atoms with Crippen LogP contribution in [-0.4, -0.2) is 30.2 Å². The first-order valence-corrected chi connectivity index (χ1v) is 7.81. The van der Waals surface area contributed by atoms with Crippen LogP contribution in [0.25, 0.3) is 0 Å². The highest BCUT2D eigenvalue weighted by molar-refractivity contribution is 6.07. The van der Waals surface area contributed by atoms with E-state index in [4.69, 9.17) is 9.47 Å². The molecule has 2 rings (SSSR count). The van der Waals surface area contributed by atoms with E-state index < -0.39 is 11.9 Å². The van der Waals surface area contributed by atoms with Gasteiger partial charge in [-0.15, -0.1) is 0 Å². The van der Waals surface area contributed by atoms with Crippen molar-refractivity contribution in [3.63, 3.8) is 0 Å². The first-order chi connectivity index (χ1) is 11.8. The van der Waals surface area contributed by atoms with E-state index in [1.165, 1.54) is 13.2 Å². The average Bonchev–Trinajstić information content (AvgIpc) is 2.53. The van der Waals surface area contributed by atoms with Crippen LogP contribution in [0.2, 0.25) is 0 Å². The molecule has 132 valence electrons. The van der Waals surface area contributed by atoms with Crippen molar-refractivity contribution < 1.29 is 24.2 Å². The summed E-state index contributed by atoms with van der Waals surface area (Å²) in [6, 6.07) is 9.69. The fourth-order valence-corrected chi connectivity index (χ4v) is 2.41. The van der Waals surface area contributed by atoms with Crippen LogP contribution in [0.3, 0.4) is 0 Å². The lowest BCUT2D eigenvalue weighted by Gasteiger charge is -2.14. The summed E-state index contributed by atoms with van der Waals surface area (Å²) in [4.78, 5) is 23.8. The van der Waals surface area contributed by atoms with Crippen LogP contribution in [-0.2, 0) is 0 Å². The van der Waals surface area contributed by atoms with Crippen molar-refractivity contribution in [1.82, 2.24) is 0 Å². The normalized spacial score (nSPS) is 10.4. The molecule has 25 heavy (non-hydrogen) atoms. The SMILES string of the molecule is COc1cc(NC(=O)c2cccc(C(=O)O)c2C)cc(OC(C)C)c1. The largest absolute Gasteiger partial charge is 0.497 e. The van der Waals surface area contributed by atoms with Crippen LogP contribution < -0.4 is 14.8 Å². The van der Waals surface area contributed by atoms with Gasteiger partial charge in [-0.25, -0.2) is 4.79 Å². The highest BCUT2D eigenvalue weighted by atomic mass is 16.5. The molecule has 0 bridgehead atoms. The Hall–Kier alpha value is -3.02. The van der Waals surface area contributed by atoms with E-state index in [0.29, 0.717) is 28.3 Å². The molecule has 0 aliphatic heterocycles. The van der Waals surface area contributed by atoms with Crippen molar-refractivity contribution in [2.75, 3.05) is 12.4 Å². The minimum Gasteiger partial charge on any atom is -0.497 e. The summed E-state index contributed by atoms with van der Waals surface area (Å²) in [5.74, 6) is -0.351. The standard InChI is InChI=1S/C19H21NO5/c1-11(2)25-15-9-13(8-14(10-15)24-4)20-18(21)16-6-5-7-17(12(16)3)19(22)23/h5-11H,1-4H3,(H,20,21)(H,22,23). The maximum absolute atomic E-state index is 12.6. The number of methoxy groups -OCH3 is 1. The van der Waals surface area contributed by atoms with E-state index in [1.807, 2.05) is 13.8 Å². The number of nitrogens with one attached hydrogen (secondary N) is 1. The van der Waals surface area contributed by atoms with Crippen LogP contribution in [0.4, 0.5) is 5.69 Å². The minimum atomic E-state index is -1.07. The molecule has 6 nitrogen and oxygen atoms in total. The highest BCUT2D eigenvalue weighted by Gasteiger charge is 2.16. The summed E-state index contributed by atoms with van der Waals surface area (Å²) >= 11 is 0. The number of ether oxygens (including phenoxy) is 2. The Morgan fingerprint density at radius 1 is 1.08 bits per heavy atom. The number of carboxylic acids is 1. The summed E-state index contributed by atoms with van der Waals surface area (Å²) in [6.45, 7) is 5.41. The summed E-state index contributed by atoms with van der Waals surface area (Å²) in [5, 5.41) is 11.9. The maximum Gasteiger partial charge on any atom is 0.335 e. The van der Waals surface area contributed by atoms with Crippen molar-refractivity contribution >= 4 is 17.6 Å². The summed E-state index contributed by atoms with van der Waals surface area (Å²) < 4.78 is 10.9. The molecule has 2 aromatic carbocycles. The zero-order valence-electron chi connectivity index (χ0n) is 14.6. The summed E-state index contributed by atoms with van der Waals surface area (Å²) in [7, 11) is 1.53. The number of benzene rings is 2. The molecular formula is C19H21NO5. The third-order valence-corrected chi connectivity index (χ3v) is 3.55. The Balaban J connectivity index is 2.32. The molecule has 2 aromatic rings. The van der Waals surface area contributed by atoms with Crippen LogP contribution in [0, 0.1) is 6.92 Å². The predicted octanol–water partition coefficient (Wildman–Crippen LogP) is 3.74. The van der Waals surface area contributed by atoms with Gasteiger partial charge in [0, 0.05) is 29.4 Å². The molecule has 0 aromatic heterocycles. The van der Waals surface area contributed by atoms with E-state index in [-0.39, 0.29) is 11.7 Å². The van der Waals surface area contributed by atoms with Gasteiger partial charge in [-0.1, -0.05) is 6.07 Å². The molecular weight excluding hydrogens is 322 g/mol. The minimum absolute atomic E-state index is 0.0230. The lowest BCUT2D eigenvalue weighted by Crippen LogP contribution is -2.15. The van der Waals surface area contributed by atoms with Gasteiger partial charge in [-0.2, -0.15) is 0 Å². The molecule has 2 N–H and O–H groups in total. The number of hydrogen-bond acceptors (Lipinski definition) is 4. The van der Waals surface area contributed by atoms with Crippen molar-refractivity contribution in [2.24, 2.45) is 0 Å². The molecule has 6 heteroatoms. The fourth-order valence-electron chi connectivity index (χ4n) is 2.41. The second-order valence-corrected chi connectivity index (χ2v) is 5.80. The van der Waals surface area contributed by atoms with Gasteiger partial charge in [0.05, 0.1) is 18.8 Å². The fraction of sp³-hybridized carbons (Fsp3) is 0.263. The van der Waals surface area contributed by atoms with E-state index in [9.17, 15) is 14.7 Å². The van der Waals surface area contributed by atoms with E-state index in [2.05, 4.69) is 5.32 Å². The third kappa shape index (κ3) is 4.50. The van der Waals surface area contributed by atoms with Crippen molar-refractivity contribution in [1.29, 1.82) is 0 Å². The predicted molar refractivity (Wildman–Crippen MR) is 94.8 cm³/mol. The molecule has 0 atom stereocenters. The van der Waals surface area contributed by atoms with Gasteiger partial charge < -0.3 is 19.9 Å². The molecule has 0 saturated carbocycles. The van der Waals surface area contributed by atoms with Crippen LogP contribution in [0.5, 0.6) is 11.5 Å². The quantitative estimate of drug-likeness (QED) is 0.834. The Labute approximate surface area is 146 Å². The number of anilines is 1. The first kappa shape index (κ1) is 18.3.